The molecule has 0 fully saturated rings. The summed E-state index contributed by atoms with van der Waals surface area (Å²) in [5, 5.41) is 2.90. The maximum atomic E-state index is 12.1. The Morgan fingerprint density at radius 1 is 1.38 bits per heavy atom. The summed E-state index contributed by atoms with van der Waals surface area (Å²) in [5.74, 6) is 0.707. The second-order valence-electron chi connectivity index (χ2n) is 6.65. The fourth-order valence-electron chi connectivity index (χ4n) is 2.21. The molecule has 1 aromatic rings. The number of nitrogens with two attached hydrogens (primary N) is 1. The first kappa shape index (κ1) is 17.5. The van der Waals surface area contributed by atoms with Crippen LogP contribution in [0.1, 0.15) is 32.8 Å². The van der Waals surface area contributed by atoms with Gasteiger partial charge in [0.25, 0.3) is 0 Å². The van der Waals surface area contributed by atoms with Gasteiger partial charge in [-0.05, 0) is 36.5 Å². The summed E-state index contributed by atoms with van der Waals surface area (Å²) in [6.45, 7) is 9.70. The highest BCUT2D eigenvalue weighted by Crippen LogP contribution is 2.23. The summed E-state index contributed by atoms with van der Waals surface area (Å²) in [4.78, 5) is 12.1. The molecule has 4 nitrogen and oxygen atoms in total. The standard InChI is InChI=1S/C17H28N2O2/c1-13-6-5-7-15(10-13)21-9-8-19-16(20)14(12-18)11-17(2,3)4/h5-7,10,14H,8-9,11-12,18H2,1-4H3,(H,19,20). The highest BCUT2D eigenvalue weighted by Gasteiger charge is 2.23. The summed E-state index contributed by atoms with van der Waals surface area (Å²) in [5.41, 5.74) is 6.95. The minimum atomic E-state index is -0.135. The predicted octanol–water partition coefficient (Wildman–Crippen LogP) is 2.50. The number of ether oxygens (including phenoxy) is 1. The molecule has 0 radical (unpaired) electrons. The van der Waals surface area contributed by atoms with Crippen LogP contribution in [0.15, 0.2) is 24.3 Å². The highest BCUT2D eigenvalue weighted by atomic mass is 16.5. The first-order valence-electron chi connectivity index (χ1n) is 7.49. The fourth-order valence-corrected chi connectivity index (χ4v) is 2.21. The van der Waals surface area contributed by atoms with Crippen molar-refractivity contribution in [1.82, 2.24) is 5.32 Å². The number of hydrogen-bond acceptors (Lipinski definition) is 3. The molecular formula is C17H28N2O2. The number of rotatable bonds is 7. The van der Waals surface area contributed by atoms with E-state index in [0.29, 0.717) is 19.7 Å². The quantitative estimate of drug-likeness (QED) is 0.759. The molecule has 0 bridgehead atoms. The molecule has 0 saturated carbocycles. The Morgan fingerprint density at radius 3 is 2.67 bits per heavy atom. The minimum Gasteiger partial charge on any atom is -0.492 e. The lowest BCUT2D eigenvalue weighted by Gasteiger charge is -2.24. The summed E-state index contributed by atoms with van der Waals surface area (Å²) in [7, 11) is 0. The van der Waals surface area contributed by atoms with Crippen molar-refractivity contribution < 1.29 is 9.53 Å². The smallest absolute Gasteiger partial charge is 0.224 e. The van der Waals surface area contributed by atoms with E-state index in [9.17, 15) is 4.79 Å². The van der Waals surface area contributed by atoms with Crippen LogP contribution in [-0.4, -0.2) is 25.6 Å². The minimum absolute atomic E-state index is 0.0141. The van der Waals surface area contributed by atoms with E-state index in [1.165, 1.54) is 0 Å². The molecule has 0 aliphatic carbocycles. The molecule has 3 N–H and O–H groups in total. The van der Waals surface area contributed by atoms with Gasteiger partial charge in [-0.15, -0.1) is 0 Å². The molecular weight excluding hydrogens is 264 g/mol. The van der Waals surface area contributed by atoms with Gasteiger partial charge in [0, 0.05) is 6.54 Å². The molecule has 1 rings (SSSR count). The monoisotopic (exact) mass is 292 g/mol. The van der Waals surface area contributed by atoms with E-state index in [-0.39, 0.29) is 17.2 Å². The number of aryl methyl sites for hydroxylation is 1. The van der Waals surface area contributed by atoms with Gasteiger partial charge in [0.15, 0.2) is 0 Å². The molecule has 1 amide bonds. The molecule has 4 heteroatoms. The van der Waals surface area contributed by atoms with Gasteiger partial charge in [-0.2, -0.15) is 0 Å². The van der Waals surface area contributed by atoms with Gasteiger partial charge < -0.3 is 15.8 Å². The van der Waals surface area contributed by atoms with Gasteiger partial charge in [0.1, 0.15) is 12.4 Å². The van der Waals surface area contributed by atoms with Crippen LogP contribution >= 0.6 is 0 Å². The first-order valence-corrected chi connectivity index (χ1v) is 7.49. The molecule has 1 atom stereocenters. The van der Waals surface area contributed by atoms with Gasteiger partial charge in [0.2, 0.25) is 5.91 Å². The molecule has 1 aromatic carbocycles. The number of hydrogen-bond donors (Lipinski definition) is 2. The SMILES string of the molecule is Cc1cccc(OCCNC(=O)C(CN)CC(C)(C)C)c1. The lowest BCUT2D eigenvalue weighted by atomic mass is 9.84. The van der Waals surface area contributed by atoms with Crippen LogP contribution in [0, 0.1) is 18.3 Å². The second-order valence-corrected chi connectivity index (χ2v) is 6.65. The number of amides is 1. The molecule has 1 unspecified atom stereocenters. The average molecular weight is 292 g/mol. The summed E-state index contributed by atoms with van der Waals surface area (Å²) in [6.07, 6.45) is 0.786. The van der Waals surface area contributed by atoms with Gasteiger partial charge in [-0.25, -0.2) is 0 Å². The first-order chi connectivity index (χ1) is 9.81. The molecule has 0 aromatic heterocycles. The number of carbonyl (C=O) groups excluding carboxylic acids is 1. The highest BCUT2D eigenvalue weighted by molar-refractivity contribution is 5.78. The molecule has 118 valence electrons. The van der Waals surface area contributed by atoms with Crippen LogP contribution in [-0.2, 0) is 4.79 Å². The van der Waals surface area contributed by atoms with Crippen LogP contribution in [0.3, 0.4) is 0 Å². The van der Waals surface area contributed by atoms with Crippen molar-refractivity contribution in [1.29, 1.82) is 0 Å². The van der Waals surface area contributed by atoms with E-state index in [0.717, 1.165) is 17.7 Å². The molecule has 21 heavy (non-hydrogen) atoms. The Bertz CT molecular complexity index is 452. The van der Waals surface area contributed by atoms with E-state index in [4.69, 9.17) is 10.5 Å². The zero-order valence-corrected chi connectivity index (χ0v) is 13.6. The van der Waals surface area contributed by atoms with E-state index in [1.807, 2.05) is 31.2 Å². The molecule has 0 aliphatic heterocycles. The number of carbonyl (C=O) groups is 1. The van der Waals surface area contributed by atoms with E-state index >= 15 is 0 Å². The third kappa shape index (κ3) is 7.14. The fraction of sp³-hybridized carbons (Fsp3) is 0.588. The van der Waals surface area contributed by atoms with Gasteiger partial charge in [-0.3, -0.25) is 4.79 Å². The summed E-state index contributed by atoms with van der Waals surface area (Å²) < 4.78 is 5.61. The largest absolute Gasteiger partial charge is 0.492 e. The average Bonchev–Trinajstić information content (AvgIpc) is 2.40. The van der Waals surface area contributed by atoms with E-state index in [1.54, 1.807) is 0 Å². The van der Waals surface area contributed by atoms with Gasteiger partial charge in [-0.1, -0.05) is 32.9 Å². The Labute approximate surface area is 128 Å². The zero-order chi connectivity index (χ0) is 15.9. The molecule has 0 heterocycles. The van der Waals surface area contributed by atoms with Crippen molar-refractivity contribution in [2.75, 3.05) is 19.7 Å². The molecule has 0 aliphatic rings. The lowest BCUT2D eigenvalue weighted by Crippen LogP contribution is -2.38. The van der Waals surface area contributed by atoms with Crippen LogP contribution in [0.5, 0.6) is 5.75 Å². The van der Waals surface area contributed by atoms with Crippen LogP contribution in [0.2, 0.25) is 0 Å². The van der Waals surface area contributed by atoms with Crippen LogP contribution < -0.4 is 15.8 Å². The van der Waals surface area contributed by atoms with Crippen molar-refractivity contribution in [2.24, 2.45) is 17.1 Å². The van der Waals surface area contributed by atoms with Crippen LogP contribution in [0.25, 0.3) is 0 Å². The number of benzene rings is 1. The molecule has 0 saturated heterocycles. The maximum Gasteiger partial charge on any atom is 0.224 e. The van der Waals surface area contributed by atoms with Crippen LogP contribution in [0.4, 0.5) is 0 Å². The topological polar surface area (TPSA) is 64.3 Å². The zero-order valence-electron chi connectivity index (χ0n) is 13.6. The van der Waals surface area contributed by atoms with Gasteiger partial charge >= 0.3 is 0 Å². The van der Waals surface area contributed by atoms with Crippen molar-refractivity contribution in [3.63, 3.8) is 0 Å². The van der Waals surface area contributed by atoms with Crippen molar-refractivity contribution >= 4 is 5.91 Å². The van der Waals surface area contributed by atoms with Gasteiger partial charge in [0.05, 0.1) is 12.5 Å². The Balaban J connectivity index is 2.32. The second kappa shape index (κ2) is 8.03. The lowest BCUT2D eigenvalue weighted by molar-refractivity contribution is -0.125. The predicted molar refractivity (Wildman–Crippen MR) is 86.3 cm³/mol. The summed E-state index contributed by atoms with van der Waals surface area (Å²) >= 11 is 0. The van der Waals surface area contributed by atoms with Crippen molar-refractivity contribution in [2.45, 2.75) is 34.1 Å². The number of nitrogens with one attached hydrogen (secondary N) is 1. The Morgan fingerprint density at radius 2 is 2.10 bits per heavy atom. The normalized spacial score (nSPS) is 12.8. The third-order valence-electron chi connectivity index (χ3n) is 3.17. The van der Waals surface area contributed by atoms with Crippen molar-refractivity contribution in [3.8, 4) is 5.75 Å². The maximum absolute atomic E-state index is 12.1. The Kier molecular flexibility index (Phi) is 6.69. The van der Waals surface area contributed by atoms with E-state index < -0.39 is 0 Å². The summed E-state index contributed by atoms with van der Waals surface area (Å²) in [6, 6.07) is 7.87. The third-order valence-corrected chi connectivity index (χ3v) is 3.17. The van der Waals surface area contributed by atoms with E-state index in [2.05, 4.69) is 26.1 Å². The van der Waals surface area contributed by atoms with Crippen molar-refractivity contribution in [3.05, 3.63) is 29.8 Å². The molecule has 0 spiro atoms. The Hall–Kier alpha value is -1.55.